The zero-order chi connectivity index (χ0) is 24.6. The van der Waals surface area contributed by atoms with Crippen molar-refractivity contribution in [2.75, 3.05) is 35.8 Å². The van der Waals surface area contributed by atoms with E-state index in [1.165, 1.54) is 11.3 Å². The van der Waals surface area contributed by atoms with Gasteiger partial charge in [-0.05, 0) is 43.7 Å². The summed E-state index contributed by atoms with van der Waals surface area (Å²) in [6.07, 6.45) is 6.39. The van der Waals surface area contributed by atoms with E-state index in [2.05, 4.69) is 14.6 Å². The summed E-state index contributed by atoms with van der Waals surface area (Å²) < 4.78 is 43.6. The number of benzene rings is 1. The van der Waals surface area contributed by atoms with Crippen LogP contribution in [-0.4, -0.2) is 55.0 Å². The number of aromatic nitrogens is 2. The number of thiazole rings is 1. The average Bonchev–Trinajstić information content (AvgIpc) is 3.54. The second-order valence-corrected chi connectivity index (χ2v) is 11.2. The molecule has 1 amide bonds. The maximum atomic E-state index is 14.1. The molecule has 35 heavy (non-hydrogen) atoms. The molecule has 0 bridgehead atoms. The summed E-state index contributed by atoms with van der Waals surface area (Å²) in [6, 6.07) is 8.05. The summed E-state index contributed by atoms with van der Waals surface area (Å²) in [5, 5.41) is 3.40. The van der Waals surface area contributed by atoms with Crippen molar-refractivity contribution in [2.45, 2.75) is 30.7 Å². The lowest BCUT2D eigenvalue weighted by Crippen LogP contribution is -2.51. The molecule has 0 spiro atoms. The van der Waals surface area contributed by atoms with Crippen molar-refractivity contribution in [1.29, 1.82) is 0 Å². The molecule has 1 fully saturated rings. The molecule has 2 aliphatic rings. The molecule has 1 aliphatic carbocycles. The number of halogens is 1. The number of rotatable bonds is 6. The van der Waals surface area contributed by atoms with Crippen molar-refractivity contribution in [3.8, 4) is 0 Å². The minimum absolute atomic E-state index is 0.0112. The Balaban J connectivity index is 1.22. The highest BCUT2D eigenvalue weighted by molar-refractivity contribution is 7.93. The Kier molecular flexibility index (Phi) is 6.37. The van der Waals surface area contributed by atoms with E-state index in [0.29, 0.717) is 49.4 Å². The maximum Gasteiger partial charge on any atom is 0.263 e. The molecule has 8 nitrogen and oxygen atoms in total. The van der Waals surface area contributed by atoms with E-state index in [-0.39, 0.29) is 16.6 Å². The second-order valence-electron chi connectivity index (χ2n) is 8.59. The van der Waals surface area contributed by atoms with Crippen molar-refractivity contribution in [1.82, 2.24) is 14.5 Å². The molecule has 184 valence electrons. The lowest BCUT2D eigenvalue weighted by atomic mass is 10.1. The molecular weight excluding hydrogens is 489 g/mol. The molecule has 3 heterocycles. The fourth-order valence-corrected chi connectivity index (χ4v) is 6.35. The van der Waals surface area contributed by atoms with E-state index < -0.39 is 16.1 Å². The van der Waals surface area contributed by atoms with Crippen LogP contribution in [0.25, 0.3) is 11.9 Å². The fourth-order valence-electron chi connectivity index (χ4n) is 4.56. The van der Waals surface area contributed by atoms with Crippen LogP contribution in [-0.2, 0) is 14.8 Å². The summed E-state index contributed by atoms with van der Waals surface area (Å²) in [7, 11) is -3.70. The van der Waals surface area contributed by atoms with Gasteiger partial charge < -0.3 is 14.4 Å². The monoisotopic (exact) mass is 515 g/mol. The molecule has 5 rings (SSSR count). The van der Waals surface area contributed by atoms with Gasteiger partial charge in [-0.2, -0.15) is 0 Å². The van der Waals surface area contributed by atoms with Crippen molar-refractivity contribution < 1.29 is 17.6 Å². The topological polar surface area (TPSA) is 87.5 Å². The van der Waals surface area contributed by atoms with Gasteiger partial charge in [-0.3, -0.25) is 9.52 Å². The summed E-state index contributed by atoms with van der Waals surface area (Å²) in [4.78, 5) is 21.3. The molecule has 1 aromatic carbocycles. The number of hydrogen-bond donors (Lipinski definition) is 1. The Morgan fingerprint density at radius 3 is 2.57 bits per heavy atom. The third-order valence-electron chi connectivity index (χ3n) is 6.48. The van der Waals surface area contributed by atoms with Crippen LogP contribution in [0.1, 0.15) is 25.8 Å². The van der Waals surface area contributed by atoms with E-state index in [0.717, 1.165) is 11.0 Å². The fraction of sp³-hybridized carbons (Fsp3) is 0.333. The quantitative estimate of drug-likeness (QED) is 0.545. The van der Waals surface area contributed by atoms with Gasteiger partial charge in [0.2, 0.25) is 5.91 Å². The zero-order valence-corrected chi connectivity index (χ0v) is 20.9. The van der Waals surface area contributed by atoms with Gasteiger partial charge in [0.05, 0.1) is 4.90 Å². The van der Waals surface area contributed by atoms with Gasteiger partial charge in [0.25, 0.3) is 10.0 Å². The minimum atomic E-state index is -3.70. The van der Waals surface area contributed by atoms with E-state index in [1.54, 1.807) is 48.1 Å². The molecule has 1 saturated heterocycles. The highest BCUT2D eigenvalue weighted by atomic mass is 32.2. The van der Waals surface area contributed by atoms with E-state index in [4.69, 9.17) is 0 Å². The number of sulfonamides is 1. The van der Waals surface area contributed by atoms with Crippen molar-refractivity contribution in [3.05, 3.63) is 58.7 Å². The summed E-state index contributed by atoms with van der Waals surface area (Å²) in [6.45, 7) is 4.25. The van der Waals surface area contributed by atoms with Crippen LogP contribution in [0, 0.1) is 0 Å². The van der Waals surface area contributed by atoms with Crippen LogP contribution in [0.15, 0.2) is 53.0 Å². The Labute approximate surface area is 207 Å². The van der Waals surface area contributed by atoms with Crippen LogP contribution in [0.5, 0.6) is 0 Å². The van der Waals surface area contributed by atoms with Crippen LogP contribution in [0.2, 0.25) is 0 Å². The van der Waals surface area contributed by atoms with Crippen molar-refractivity contribution in [2.24, 2.45) is 0 Å². The number of nitrogens with zero attached hydrogens (tertiary/aromatic N) is 4. The first-order valence-electron chi connectivity index (χ1n) is 11.5. The molecule has 2 aromatic heterocycles. The molecule has 0 saturated carbocycles. The lowest BCUT2D eigenvalue weighted by Gasteiger charge is -2.37. The standard InChI is InChI=1S/C24H26FN5O3S2/c1-17(30-11-9-20-21(25)3-2-4-22(20)30)23(31)29-14-12-28(13-15-29)18-5-7-19(8-6-18)35(32,33)27-24-26-10-16-34-24/h4-11,16-17H,2-3,12-15H2,1H3,(H,26,27)/t17-/m1/s1. The number of anilines is 2. The molecule has 1 aliphatic heterocycles. The first kappa shape index (κ1) is 23.6. The molecular formula is C24H26FN5O3S2. The highest BCUT2D eigenvalue weighted by Crippen LogP contribution is 2.23. The van der Waals surface area contributed by atoms with Gasteiger partial charge in [-0.25, -0.2) is 17.8 Å². The smallest absolute Gasteiger partial charge is 0.263 e. The van der Waals surface area contributed by atoms with Gasteiger partial charge in [-0.1, -0.05) is 6.08 Å². The van der Waals surface area contributed by atoms with Crippen LogP contribution < -0.4 is 20.2 Å². The Bertz CT molecular complexity index is 1440. The summed E-state index contributed by atoms with van der Waals surface area (Å²) >= 11 is 1.22. The minimum Gasteiger partial charge on any atom is -0.368 e. The molecule has 3 aromatic rings. The predicted molar refractivity (Wildman–Crippen MR) is 135 cm³/mol. The first-order chi connectivity index (χ1) is 16.8. The Morgan fingerprint density at radius 2 is 1.89 bits per heavy atom. The van der Waals surface area contributed by atoms with Crippen LogP contribution >= 0.6 is 11.3 Å². The van der Waals surface area contributed by atoms with Gasteiger partial charge in [0.1, 0.15) is 11.9 Å². The van der Waals surface area contributed by atoms with Crippen LogP contribution in [0.3, 0.4) is 0 Å². The lowest BCUT2D eigenvalue weighted by molar-refractivity contribution is -0.134. The van der Waals surface area contributed by atoms with Gasteiger partial charge >= 0.3 is 0 Å². The number of carbonyl (C=O) groups excluding carboxylic acids is 1. The third kappa shape index (κ3) is 4.70. The van der Waals surface area contributed by atoms with Crippen LogP contribution in [0.4, 0.5) is 15.2 Å². The van der Waals surface area contributed by atoms with Gasteiger partial charge in [-0.15, -0.1) is 11.3 Å². The molecule has 11 heteroatoms. The number of piperazine rings is 1. The summed E-state index contributed by atoms with van der Waals surface area (Å²) in [5.74, 6) is -0.107. The van der Waals surface area contributed by atoms with E-state index in [1.807, 2.05) is 22.5 Å². The van der Waals surface area contributed by atoms with E-state index >= 15 is 0 Å². The normalized spacial score (nSPS) is 17.0. The highest BCUT2D eigenvalue weighted by Gasteiger charge is 2.27. The molecule has 0 radical (unpaired) electrons. The first-order valence-corrected chi connectivity index (χ1v) is 13.8. The number of carbonyl (C=O) groups is 1. The van der Waals surface area contributed by atoms with Crippen molar-refractivity contribution in [3.63, 3.8) is 0 Å². The number of nitrogens with one attached hydrogen (secondary N) is 1. The van der Waals surface area contributed by atoms with Gasteiger partial charge in [0, 0.05) is 66.6 Å². The number of hydrogen-bond acceptors (Lipinski definition) is 6. The number of amides is 1. The Morgan fingerprint density at radius 1 is 1.14 bits per heavy atom. The largest absolute Gasteiger partial charge is 0.368 e. The average molecular weight is 516 g/mol. The SMILES string of the molecule is C[C@H](C(=O)N1CCN(c2ccc(S(=O)(=O)Nc3nccs3)cc2)CC1)n1ccc2c1=CCCC=2F. The number of fused-ring (bicyclic) bond motifs is 1. The molecule has 1 atom stereocenters. The summed E-state index contributed by atoms with van der Waals surface area (Å²) in [5.41, 5.74) is 0.901. The zero-order valence-electron chi connectivity index (χ0n) is 19.2. The second kappa shape index (κ2) is 9.46. The Hall–Kier alpha value is -3.18. The maximum absolute atomic E-state index is 14.1. The third-order valence-corrected chi connectivity index (χ3v) is 8.65. The molecule has 0 unspecified atom stereocenters. The van der Waals surface area contributed by atoms with E-state index in [9.17, 15) is 17.6 Å². The van der Waals surface area contributed by atoms with Gasteiger partial charge in [0.15, 0.2) is 5.13 Å². The predicted octanol–water partition coefficient (Wildman–Crippen LogP) is 2.31. The van der Waals surface area contributed by atoms with Crippen molar-refractivity contribution >= 4 is 50.0 Å². The molecule has 1 N–H and O–H groups in total.